The van der Waals surface area contributed by atoms with Crippen LogP contribution in [0.25, 0.3) is 0 Å². The van der Waals surface area contributed by atoms with E-state index in [1.54, 1.807) is 0 Å². The van der Waals surface area contributed by atoms with Gasteiger partial charge in [-0.3, -0.25) is 0 Å². The molecule has 1 heterocycles. The molecule has 0 aromatic heterocycles. The SMILES string of the molecule is CC(C)CCCC1(O)CSCC(C)(C)C1. The highest BCUT2D eigenvalue weighted by Gasteiger charge is 2.38. The maximum atomic E-state index is 10.5. The Balaban J connectivity index is 2.37. The van der Waals surface area contributed by atoms with Crippen molar-refractivity contribution in [3.63, 3.8) is 0 Å². The van der Waals surface area contributed by atoms with Crippen LogP contribution in [0, 0.1) is 11.3 Å². The van der Waals surface area contributed by atoms with Crippen LogP contribution in [0.1, 0.15) is 53.4 Å². The van der Waals surface area contributed by atoms with Crippen molar-refractivity contribution in [2.75, 3.05) is 11.5 Å². The first-order valence-corrected chi connectivity index (χ1v) is 7.29. The molecule has 0 aromatic rings. The Hall–Kier alpha value is 0.310. The van der Waals surface area contributed by atoms with Crippen LogP contribution in [0.15, 0.2) is 0 Å². The van der Waals surface area contributed by atoms with Crippen LogP contribution in [-0.2, 0) is 0 Å². The summed E-state index contributed by atoms with van der Waals surface area (Å²) in [5.41, 5.74) is -0.0726. The van der Waals surface area contributed by atoms with Crippen molar-refractivity contribution in [1.29, 1.82) is 0 Å². The predicted octanol–water partition coefficient (Wildman–Crippen LogP) is 3.71. The zero-order valence-electron chi connectivity index (χ0n) is 10.7. The summed E-state index contributed by atoms with van der Waals surface area (Å²) in [6.45, 7) is 9.05. The summed E-state index contributed by atoms with van der Waals surface area (Å²) in [6, 6.07) is 0. The molecule has 90 valence electrons. The van der Waals surface area contributed by atoms with E-state index in [2.05, 4.69) is 27.7 Å². The monoisotopic (exact) mass is 230 g/mol. The number of hydrogen-bond donors (Lipinski definition) is 1. The summed E-state index contributed by atoms with van der Waals surface area (Å²) < 4.78 is 0. The van der Waals surface area contributed by atoms with E-state index in [0.29, 0.717) is 5.41 Å². The van der Waals surface area contributed by atoms with Crippen LogP contribution >= 0.6 is 11.8 Å². The summed E-state index contributed by atoms with van der Waals surface area (Å²) in [5, 5.41) is 10.5. The summed E-state index contributed by atoms with van der Waals surface area (Å²) in [4.78, 5) is 0. The van der Waals surface area contributed by atoms with Gasteiger partial charge in [-0.1, -0.05) is 40.5 Å². The Morgan fingerprint density at radius 1 is 1.27 bits per heavy atom. The molecule has 0 radical (unpaired) electrons. The average Bonchev–Trinajstić information content (AvgIpc) is 1.99. The van der Waals surface area contributed by atoms with Gasteiger partial charge in [-0.25, -0.2) is 0 Å². The van der Waals surface area contributed by atoms with Gasteiger partial charge in [0.05, 0.1) is 5.60 Å². The Morgan fingerprint density at radius 3 is 2.47 bits per heavy atom. The van der Waals surface area contributed by atoms with E-state index in [1.165, 1.54) is 18.6 Å². The molecule has 1 aliphatic rings. The second-order valence-corrected chi connectivity index (χ2v) is 7.33. The molecule has 1 nitrogen and oxygen atoms in total. The van der Waals surface area contributed by atoms with Crippen molar-refractivity contribution < 1.29 is 5.11 Å². The molecule has 0 aliphatic carbocycles. The van der Waals surface area contributed by atoms with Gasteiger partial charge in [-0.15, -0.1) is 0 Å². The molecule has 1 aliphatic heterocycles. The Morgan fingerprint density at radius 2 is 1.93 bits per heavy atom. The summed E-state index contributed by atoms with van der Waals surface area (Å²) >= 11 is 1.92. The fourth-order valence-electron chi connectivity index (χ4n) is 2.51. The van der Waals surface area contributed by atoms with Crippen molar-refractivity contribution in [2.45, 2.75) is 59.0 Å². The molecule has 1 unspecified atom stereocenters. The molecule has 0 aromatic carbocycles. The lowest BCUT2D eigenvalue weighted by atomic mass is 9.79. The van der Waals surface area contributed by atoms with Gasteiger partial charge >= 0.3 is 0 Å². The van der Waals surface area contributed by atoms with Gasteiger partial charge in [-0.2, -0.15) is 11.8 Å². The van der Waals surface area contributed by atoms with Gasteiger partial charge in [0.1, 0.15) is 0 Å². The van der Waals surface area contributed by atoms with Gasteiger partial charge in [0.15, 0.2) is 0 Å². The quantitative estimate of drug-likeness (QED) is 0.794. The number of rotatable bonds is 4. The van der Waals surface area contributed by atoms with E-state index in [1.807, 2.05) is 11.8 Å². The lowest BCUT2D eigenvalue weighted by molar-refractivity contribution is 0.00924. The van der Waals surface area contributed by atoms with Crippen LogP contribution < -0.4 is 0 Å². The van der Waals surface area contributed by atoms with Gasteiger partial charge in [0, 0.05) is 5.75 Å². The van der Waals surface area contributed by atoms with E-state index in [4.69, 9.17) is 0 Å². The maximum Gasteiger partial charge on any atom is 0.0743 e. The summed E-state index contributed by atoms with van der Waals surface area (Å²) in [6.07, 6.45) is 4.38. The topological polar surface area (TPSA) is 20.2 Å². The number of aliphatic hydroxyl groups is 1. The Bertz CT molecular complexity index is 201. The minimum Gasteiger partial charge on any atom is -0.389 e. The standard InChI is InChI=1S/C13H26OS/c1-11(2)6-5-7-13(14)8-12(3,4)9-15-10-13/h11,14H,5-10H2,1-4H3. The molecule has 2 heteroatoms. The normalized spacial score (nSPS) is 30.8. The highest BCUT2D eigenvalue weighted by molar-refractivity contribution is 7.99. The lowest BCUT2D eigenvalue weighted by Crippen LogP contribution is -2.42. The highest BCUT2D eigenvalue weighted by atomic mass is 32.2. The van der Waals surface area contributed by atoms with Crippen LogP contribution in [0.4, 0.5) is 0 Å². The molecule has 0 saturated carbocycles. The van der Waals surface area contributed by atoms with E-state index in [9.17, 15) is 5.11 Å². The zero-order chi connectivity index (χ0) is 11.5. The molecule has 1 N–H and O–H groups in total. The van der Waals surface area contributed by atoms with Crippen LogP contribution in [0.5, 0.6) is 0 Å². The number of thioether (sulfide) groups is 1. The largest absolute Gasteiger partial charge is 0.389 e. The Labute approximate surface area is 99.0 Å². The van der Waals surface area contributed by atoms with Crippen LogP contribution in [0.2, 0.25) is 0 Å². The number of hydrogen-bond acceptors (Lipinski definition) is 2. The molecule has 1 fully saturated rings. The van der Waals surface area contributed by atoms with Gasteiger partial charge in [-0.05, 0) is 29.9 Å². The van der Waals surface area contributed by atoms with Gasteiger partial charge < -0.3 is 5.11 Å². The van der Waals surface area contributed by atoms with Crippen molar-refractivity contribution in [2.24, 2.45) is 11.3 Å². The van der Waals surface area contributed by atoms with Crippen LogP contribution in [0.3, 0.4) is 0 Å². The first-order valence-electron chi connectivity index (χ1n) is 6.13. The van der Waals surface area contributed by atoms with E-state index in [-0.39, 0.29) is 5.60 Å². The fourth-order valence-corrected chi connectivity index (χ4v) is 3.89. The summed E-state index contributed by atoms with van der Waals surface area (Å²) in [5.74, 6) is 2.89. The average molecular weight is 230 g/mol. The zero-order valence-corrected chi connectivity index (χ0v) is 11.5. The minimum absolute atomic E-state index is 0.315. The summed E-state index contributed by atoms with van der Waals surface area (Å²) in [7, 11) is 0. The maximum absolute atomic E-state index is 10.5. The smallest absolute Gasteiger partial charge is 0.0743 e. The van der Waals surface area contributed by atoms with Crippen molar-refractivity contribution in [3.05, 3.63) is 0 Å². The molecule has 15 heavy (non-hydrogen) atoms. The third-order valence-electron chi connectivity index (χ3n) is 3.09. The molecule has 0 amide bonds. The second-order valence-electron chi connectivity index (χ2n) is 6.34. The van der Waals surface area contributed by atoms with Crippen molar-refractivity contribution in [3.8, 4) is 0 Å². The first kappa shape index (κ1) is 13.4. The lowest BCUT2D eigenvalue weighted by Gasteiger charge is -2.41. The van der Waals surface area contributed by atoms with Crippen molar-refractivity contribution >= 4 is 11.8 Å². The minimum atomic E-state index is -0.388. The van der Waals surface area contributed by atoms with Gasteiger partial charge in [0.25, 0.3) is 0 Å². The molecule has 0 spiro atoms. The molecule has 0 bridgehead atoms. The predicted molar refractivity (Wildman–Crippen MR) is 69.4 cm³/mol. The molecular weight excluding hydrogens is 204 g/mol. The van der Waals surface area contributed by atoms with Crippen LogP contribution in [-0.4, -0.2) is 22.2 Å². The molecule has 1 saturated heterocycles. The first-order chi connectivity index (χ1) is 6.83. The molecule has 1 atom stereocenters. The Kier molecular flexibility index (Phi) is 4.54. The van der Waals surface area contributed by atoms with Gasteiger partial charge in [0.2, 0.25) is 0 Å². The van der Waals surface area contributed by atoms with E-state index >= 15 is 0 Å². The molecule has 1 rings (SSSR count). The fraction of sp³-hybridized carbons (Fsp3) is 1.00. The second kappa shape index (κ2) is 5.09. The molecular formula is C13H26OS. The third-order valence-corrected chi connectivity index (χ3v) is 4.82. The highest BCUT2D eigenvalue weighted by Crippen LogP contribution is 2.41. The van der Waals surface area contributed by atoms with E-state index in [0.717, 1.165) is 24.5 Å². The van der Waals surface area contributed by atoms with Crippen molar-refractivity contribution in [1.82, 2.24) is 0 Å². The van der Waals surface area contributed by atoms with E-state index < -0.39 is 0 Å². The third kappa shape index (κ3) is 4.78.